The summed E-state index contributed by atoms with van der Waals surface area (Å²) in [6.45, 7) is 0. The molecule has 0 saturated carbocycles. The van der Waals surface area contributed by atoms with E-state index in [1.807, 2.05) is 48.5 Å². The molecule has 0 aromatic heterocycles. The first-order valence-corrected chi connectivity index (χ1v) is 4.81. The van der Waals surface area contributed by atoms with Crippen molar-refractivity contribution in [3.05, 3.63) is 48.5 Å². The average Bonchev–Trinajstić information content (AvgIpc) is 2.30. The van der Waals surface area contributed by atoms with Crippen molar-refractivity contribution >= 4 is 13.3 Å². The Labute approximate surface area is 91.1 Å². The second kappa shape index (κ2) is 4.22. The minimum absolute atomic E-state index is 0.666. The number of hydrogen-bond acceptors (Lipinski definition) is 1. The van der Waals surface area contributed by atoms with Crippen LogP contribution in [0, 0.1) is 0 Å². The third kappa shape index (κ3) is 1.89. The zero-order valence-corrected chi connectivity index (χ0v) is 8.60. The molecule has 0 aliphatic rings. The third-order valence-electron chi connectivity index (χ3n) is 2.33. The average molecular weight is 194 g/mol. The minimum atomic E-state index is 0.666. The molecule has 2 aromatic carbocycles. The Hall–Kier alpha value is -1.70. The van der Waals surface area contributed by atoms with Crippen LogP contribution in [0.1, 0.15) is 0 Å². The van der Waals surface area contributed by atoms with Gasteiger partial charge in [-0.3, -0.25) is 0 Å². The van der Waals surface area contributed by atoms with E-state index in [0.29, 0.717) is 5.46 Å². The number of methoxy groups -OCH3 is 1. The predicted octanol–water partition coefficient (Wildman–Crippen LogP) is 2.16. The maximum absolute atomic E-state index is 5.84. The topological polar surface area (TPSA) is 9.23 Å². The summed E-state index contributed by atoms with van der Waals surface area (Å²) in [6, 6.07) is 15.8. The van der Waals surface area contributed by atoms with Crippen LogP contribution >= 0.6 is 0 Å². The van der Waals surface area contributed by atoms with E-state index in [1.54, 1.807) is 7.11 Å². The standard InChI is InChI=1S/C13H11BO/c1-15-13-11(8-5-9-12(13)14)10-6-3-2-4-7-10/h2-9H,1H3. The molecule has 0 amide bonds. The van der Waals surface area contributed by atoms with Gasteiger partial charge in [-0.25, -0.2) is 0 Å². The van der Waals surface area contributed by atoms with Crippen LogP contribution in [-0.4, -0.2) is 15.0 Å². The first-order valence-electron chi connectivity index (χ1n) is 4.81. The smallest absolute Gasteiger partial charge is 0.119 e. The normalized spacial score (nSPS) is 9.93. The molecular formula is C13H11BO. The Kier molecular flexibility index (Phi) is 2.77. The highest BCUT2D eigenvalue weighted by molar-refractivity contribution is 6.34. The van der Waals surface area contributed by atoms with Crippen LogP contribution in [0.25, 0.3) is 11.1 Å². The summed E-state index contributed by atoms with van der Waals surface area (Å²) < 4.78 is 5.31. The molecule has 0 saturated heterocycles. The number of rotatable bonds is 2. The summed E-state index contributed by atoms with van der Waals surface area (Å²) in [4.78, 5) is 0. The molecule has 0 aliphatic heterocycles. The number of benzene rings is 2. The van der Waals surface area contributed by atoms with Crippen LogP contribution in [0.4, 0.5) is 0 Å². The van der Waals surface area contributed by atoms with E-state index >= 15 is 0 Å². The number of hydrogen-bond donors (Lipinski definition) is 0. The van der Waals surface area contributed by atoms with Gasteiger partial charge in [-0.2, -0.15) is 0 Å². The lowest BCUT2D eigenvalue weighted by atomic mass is 9.90. The van der Waals surface area contributed by atoms with Crippen LogP contribution in [0.3, 0.4) is 0 Å². The number of para-hydroxylation sites is 1. The Morgan fingerprint density at radius 3 is 2.33 bits per heavy atom. The zero-order valence-electron chi connectivity index (χ0n) is 8.60. The summed E-state index contributed by atoms with van der Waals surface area (Å²) in [7, 11) is 7.48. The molecule has 0 spiro atoms. The summed E-state index contributed by atoms with van der Waals surface area (Å²) in [5.41, 5.74) is 2.80. The fourth-order valence-electron chi connectivity index (χ4n) is 1.63. The van der Waals surface area contributed by atoms with E-state index in [1.165, 1.54) is 0 Å². The summed E-state index contributed by atoms with van der Waals surface area (Å²) >= 11 is 0. The van der Waals surface area contributed by atoms with E-state index in [2.05, 4.69) is 0 Å². The fraction of sp³-hybridized carbons (Fsp3) is 0.0769. The molecule has 0 aliphatic carbocycles. The van der Waals surface area contributed by atoms with Gasteiger partial charge in [-0.15, -0.1) is 0 Å². The van der Waals surface area contributed by atoms with Gasteiger partial charge in [0, 0.05) is 5.56 Å². The largest absolute Gasteiger partial charge is 0.497 e. The van der Waals surface area contributed by atoms with Gasteiger partial charge in [-0.05, 0) is 5.56 Å². The van der Waals surface area contributed by atoms with E-state index in [4.69, 9.17) is 12.6 Å². The Morgan fingerprint density at radius 2 is 1.67 bits per heavy atom. The maximum atomic E-state index is 5.84. The highest BCUT2D eigenvalue weighted by Crippen LogP contribution is 2.27. The van der Waals surface area contributed by atoms with E-state index < -0.39 is 0 Å². The molecule has 0 heterocycles. The van der Waals surface area contributed by atoms with Crippen LogP contribution in [0.15, 0.2) is 48.5 Å². The lowest BCUT2D eigenvalue weighted by Crippen LogP contribution is -2.07. The van der Waals surface area contributed by atoms with Crippen molar-refractivity contribution < 1.29 is 4.74 Å². The summed E-state index contributed by atoms with van der Waals surface area (Å²) in [6.07, 6.45) is 0. The maximum Gasteiger partial charge on any atom is 0.119 e. The lowest BCUT2D eigenvalue weighted by Gasteiger charge is -2.11. The summed E-state index contributed by atoms with van der Waals surface area (Å²) in [5, 5.41) is 0. The van der Waals surface area contributed by atoms with Crippen molar-refractivity contribution in [3.8, 4) is 16.9 Å². The van der Waals surface area contributed by atoms with Crippen LogP contribution < -0.4 is 10.2 Å². The molecule has 15 heavy (non-hydrogen) atoms. The molecule has 2 aromatic rings. The van der Waals surface area contributed by atoms with Gasteiger partial charge in [0.25, 0.3) is 0 Å². The van der Waals surface area contributed by atoms with E-state index in [-0.39, 0.29) is 0 Å². The van der Waals surface area contributed by atoms with Gasteiger partial charge < -0.3 is 4.74 Å². The minimum Gasteiger partial charge on any atom is -0.497 e. The summed E-state index contributed by atoms with van der Waals surface area (Å²) in [5.74, 6) is 0.740. The van der Waals surface area contributed by atoms with Gasteiger partial charge in [0.15, 0.2) is 0 Å². The fourth-order valence-corrected chi connectivity index (χ4v) is 1.63. The van der Waals surface area contributed by atoms with Crippen molar-refractivity contribution in [2.45, 2.75) is 0 Å². The SMILES string of the molecule is [B]c1cccc(-c2ccccc2)c1OC. The van der Waals surface area contributed by atoms with Crippen molar-refractivity contribution in [3.63, 3.8) is 0 Å². The first-order chi connectivity index (χ1) is 7.33. The van der Waals surface area contributed by atoms with Crippen LogP contribution in [0.5, 0.6) is 5.75 Å². The van der Waals surface area contributed by atoms with Crippen LogP contribution in [-0.2, 0) is 0 Å². The molecule has 0 bridgehead atoms. The molecule has 2 heteroatoms. The molecule has 0 N–H and O–H groups in total. The quantitative estimate of drug-likeness (QED) is 0.665. The molecule has 0 fully saturated rings. The van der Waals surface area contributed by atoms with E-state index in [0.717, 1.165) is 16.9 Å². The van der Waals surface area contributed by atoms with Crippen molar-refractivity contribution in [1.29, 1.82) is 0 Å². The Bertz CT molecular complexity index is 451. The molecule has 2 radical (unpaired) electrons. The highest BCUT2D eigenvalue weighted by atomic mass is 16.5. The molecule has 72 valence electrons. The van der Waals surface area contributed by atoms with Crippen molar-refractivity contribution in [2.75, 3.05) is 7.11 Å². The molecule has 1 nitrogen and oxygen atoms in total. The van der Waals surface area contributed by atoms with E-state index in [9.17, 15) is 0 Å². The van der Waals surface area contributed by atoms with Crippen molar-refractivity contribution in [2.24, 2.45) is 0 Å². The second-order valence-electron chi connectivity index (χ2n) is 3.29. The third-order valence-corrected chi connectivity index (χ3v) is 2.33. The van der Waals surface area contributed by atoms with Gasteiger partial charge in [0.1, 0.15) is 13.6 Å². The Morgan fingerprint density at radius 1 is 0.933 bits per heavy atom. The second-order valence-corrected chi connectivity index (χ2v) is 3.29. The first kappa shape index (κ1) is 9.84. The molecule has 2 rings (SSSR count). The lowest BCUT2D eigenvalue weighted by molar-refractivity contribution is 0.420. The van der Waals surface area contributed by atoms with Crippen molar-refractivity contribution in [1.82, 2.24) is 0 Å². The molecule has 0 unspecified atom stereocenters. The predicted molar refractivity (Wildman–Crippen MR) is 63.8 cm³/mol. The van der Waals surface area contributed by atoms with Gasteiger partial charge in [0.05, 0.1) is 7.11 Å². The Balaban J connectivity index is 2.58. The molecular weight excluding hydrogens is 183 g/mol. The van der Waals surface area contributed by atoms with Gasteiger partial charge in [0.2, 0.25) is 0 Å². The van der Waals surface area contributed by atoms with Crippen LogP contribution in [0.2, 0.25) is 0 Å². The highest BCUT2D eigenvalue weighted by Gasteiger charge is 2.06. The monoisotopic (exact) mass is 194 g/mol. The van der Waals surface area contributed by atoms with Gasteiger partial charge in [-0.1, -0.05) is 54.0 Å². The zero-order chi connectivity index (χ0) is 10.7. The number of ether oxygens (including phenoxy) is 1. The molecule has 0 atom stereocenters. The van der Waals surface area contributed by atoms with Gasteiger partial charge >= 0.3 is 0 Å².